The summed E-state index contributed by atoms with van der Waals surface area (Å²) >= 11 is 0. The molecule has 0 amide bonds. The van der Waals surface area contributed by atoms with Gasteiger partial charge in [-0.25, -0.2) is 4.98 Å². The first-order valence-electron chi connectivity index (χ1n) is 5.99. The van der Waals surface area contributed by atoms with Crippen molar-refractivity contribution in [2.75, 3.05) is 13.7 Å². The molecule has 0 aliphatic rings. The second-order valence-electron chi connectivity index (χ2n) is 4.09. The summed E-state index contributed by atoms with van der Waals surface area (Å²) in [6.07, 6.45) is 3.71. The standard InChI is InChI=1S/C15H16N2O2/c1-12-16-7-8-17(12)11-14-10-13(4-3-9-18)5-6-15(14)19-2/h5-8,10,18H,9,11H2,1-2H3. The summed E-state index contributed by atoms with van der Waals surface area (Å²) in [6, 6.07) is 5.75. The smallest absolute Gasteiger partial charge is 0.123 e. The van der Waals surface area contributed by atoms with Gasteiger partial charge in [0.05, 0.1) is 13.7 Å². The third kappa shape index (κ3) is 3.15. The molecule has 0 saturated heterocycles. The lowest BCUT2D eigenvalue weighted by molar-refractivity contribution is 0.350. The molecule has 2 aromatic rings. The van der Waals surface area contributed by atoms with Crippen molar-refractivity contribution in [3.8, 4) is 17.6 Å². The maximum Gasteiger partial charge on any atom is 0.123 e. The average molecular weight is 256 g/mol. The minimum absolute atomic E-state index is 0.137. The molecule has 1 aromatic heterocycles. The Labute approximate surface area is 112 Å². The van der Waals surface area contributed by atoms with Crippen LogP contribution in [-0.2, 0) is 6.54 Å². The highest BCUT2D eigenvalue weighted by molar-refractivity contribution is 5.44. The van der Waals surface area contributed by atoms with Crippen LogP contribution in [0.15, 0.2) is 30.6 Å². The molecule has 1 N–H and O–H groups in total. The molecule has 98 valence electrons. The molecule has 4 heteroatoms. The fraction of sp³-hybridized carbons (Fsp3) is 0.267. The molecule has 4 nitrogen and oxygen atoms in total. The number of methoxy groups -OCH3 is 1. The van der Waals surface area contributed by atoms with Gasteiger partial charge in [-0.15, -0.1) is 0 Å². The summed E-state index contributed by atoms with van der Waals surface area (Å²) in [4.78, 5) is 4.20. The number of aliphatic hydroxyl groups is 1. The van der Waals surface area contributed by atoms with Gasteiger partial charge in [0, 0.05) is 23.5 Å². The summed E-state index contributed by atoms with van der Waals surface area (Å²) in [6.45, 7) is 2.51. The summed E-state index contributed by atoms with van der Waals surface area (Å²) < 4.78 is 7.40. The van der Waals surface area contributed by atoms with Gasteiger partial charge >= 0.3 is 0 Å². The van der Waals surface area contributed by atoms with Crippen LogP contribution >= 0.6 is 0 Å². The van der Waals surface area contributed by atoms with Crippen molar-refractivity contribution in [1.29, 1.82) is 0 Å². The van der Waals surface area contributed by atoms with Gasteiger partial charge in [-0.3, -0.25) is 0 Å². The molecule has 1 heterocycles. The molecule has 0 aliphatic heterocycles. The van der Waals surface area contributed by atoms with E-state index in [1.54, 1.807) is 13.3 Å². The average Bonchev–Trinajstić information content (AvgIpc) is 2.82. The van der Waals surface area contributed by atoms with E-state index in [0.29, 0.717) is 6.54 Å². The summed E-state index contributed by atoms with van der Waals surface area (Å²) in [5.41, 5.74) is 1.90. The number of aromatic nitrogens is 2. The first-order valence-corrected chi connectivity index (χ1v) is 5.99. The molecule has 0 radical (unpaired) electrons. The van der Waals surface area contributed by atoms with Crippen LogP contribution in [0, 0.1) is 18.8 Å². The van der Waals surface area contributed by atoms with Gasteiger partial charge in [0.2, 0.25) is 0 Å². The lowest BCUT2D eigenvalue weighted by atomic mass is 10.1. The van der Waals surface area contributed by atoms with Crippen molar-refractivity contribution >= 4 is 0 Å². The van der Waals surface area contributed by atoms with E-state index in [-0.39, 0.29) is 6.61 Å². The number of hydrogen-bond acceptors (Lipinski definition) is 3. The first-order chi connectivity index (χ1) is 9.24. The number of benzene rings is 1. The van der Waals surface area contributed by atoms with Crippen LogP contribution in [0.25, 0.3) is 0 Å². The molecule has 0 unspecified atom stereocenters. The number of nitrogens with zero attached hydrogens (tertiary/aromatic N) is 2. The molecule has 2 rings (SSSR count). The van der Waals surface area contributed by atoms with Crippen molar-refractivity contribution in [3.63, 3.8) is 0 Å². The Morgan fingerprint density at radius 2 is 2.26 bits per heavy atom. The predicted octanol–water partition coefficient (Wildman–Crippen LogP) is 1.59. The Balaban J connectivity index is 2.33. The van der Waals surface area contributed by atoms with Crippen LogP contribution in [0.5, 0.6) is 5.75 Å². The minimum Gasteiger partial charge on any atom is -0.496 e. The van der Waals surface area contributed by atoms with E-state index < -0.39 is 0 Å². The fourth-order valence-corrected chi connectivity index (χ4v) is 1.88. The van der Waals surface area contributed by atoms with Crippen LogP contribution in [0.4, 0.5) is 0 Å². The maximum absolute atomic E-state index is 8.73. The molecule has 0 aliphatic carbocycles. The predicted molar refractivity (Wildman–Crippen MR) is 73.0 cm³/mol. The molecule has 0 saturated carbocycles. The molecule has 0 spiro atoms. The van der Waals surface area contributed by atoms with Crippen LogP contribution in [0.3, 0.4) is 0 Å². The molecular weight excluding hydrogens is 240 g/mol. The van der Waals surface area contributed by atoms with Gasteiger partial charge in [0.15, 0.2) is 0 Å². The van der Waals surface area contributed by atoms with Crippen LogP contribution in [0.1, 0.15) is 17.0 Å². The minimum atomic E-state index is -0.137. The van der Waals surface area contributed by atoms with Crippen molar-refractivity contribution < 1.29 is 9.84 Å². The third-order valence-electron chi connectivity index (χ3n) is 2.86. The molecule has 0 atom stereocenters. The van der Waals surface area contributed by atoms with Crippen LogP contribution < -0.4 is 4.74 Å². The second kappa shape index (κ2) is 6.07. The fourth-order valence-electron chi connectivity index (χ4n) is 1.88. The SMILES string of the molecule is COc1ccc(C#CCO)cc1Cn1ccnc1C. The molecule has 19 heavy (non-hydrogen) atoms. The van der Waals surface area contributed by atoms with Crippen molar-refractivity contribution in [1.82, 2.24) is 9.55 Å². The number of ether oxygens (including phenoxy) is 1. The number of aryl methyl sites for hydroxylation is 1. The van der Waals surface area contributed by atoms with Gasteiger partial charge in [-0.1, -0.05) is 11.8 Å². The first kappa shape index (κ1) is 13.2. The Kier molecular flexibility index (Phi) is 4.22. The largest absolute Gasteiger partial charge is 0.496 e. The number of aliphatic hydroxyl groups excluding tert-OH is 1. The van der Waals surface area contributed by atoms with E-state index in [2.05, 4.69) is 16.8 Å². The summed E-state index contributed by atoms with van der Waals surface area (Å²) in [5.74, 6) is 7.32. The zero-order valence-electron chi connectivity index (χ0n) is 11.1. The van der Waals surface area contributed by atoms with E-state index in [9.17, 15) is 0 Å². The summed E-state index contributed by atoms with van der Waals surface area (Å²) in [7, 11) is 1.65. The Morgan fingerprint density at radius 3 is 2.89 bits per heavy atom. The highest BCUT2D eigenvalue weighted by Gasteiger charge is 2.06. The van der Waals surface area contributed by atoms with Crippen molar-refractivity contribution in [3.05, 3.63) is 47.5 Å². The lowest BCUT2D eigenvalue weighted by Crippen LogP contribution is -2.03. The molecule has 0 fully saturated rings. The molecule has 0 bridgehead atoms. The van der Waals surface area contributed by atoms with Crippen LogP contribution in [-0.4, -0.2) is 28.4 Å². The molecular formula is C15H16N2O2. The lowest BCUT2D eigenvalue weighted by Gasteiger charge is -2.10. The Morgan fingerprint density at radius 1 is 1.42 bits per heavy atom. The van der Waals surface area contributed by atoms with E-state index in [1.165, 1.54) is 0 Å². The third-order valence-corrected chi connectivity index (χ3v) is 2.86. The monoisotopic (exact) mass is 256 g/mol. The van der Waals surface area contributed by atoms with Crippen molar-refractivity contribution in [2.24, 2.45) is 0 Å². The normalized spacial score (nSPS) is 9.84. The van der Waals surface area contributed by atoms with Gasteiger partial charge in [0.1, 0.15) is 18.2 Å². The Hall–Kier alpha value is -2.25. The van der Waals surface area contributed by atoms with Gasteiger partial charge in [-0.05, 0) is 25.1 Å². The summed E-state index contributed by atoms with van der Waals surface area (Å²) in [5, 5.41) is 8.73. The Bertz CT molecular complexity index is 621. The van der Waals surface area contributed by atoms with Gasteiger partial charge in [-0.2, -0.15) is 0 Å². The maximum atomic E-state index is 8.73. The number of imidazole rings is 1. The molecule has 1 aromatic carbocycles. The zero-order chi connectivity index (χ0) is 13.7. The number of hydrogen-bond donors (Lipinski definition) is 1. The van der Waals surface area contributed by atoms with E-state index in [0.717, 1.165) is 22.7 Å². The second-order valence-corrected chi connectivity index (χ2v) is 4.09. The van der Waals surface area contributed by atoms with Gasteiger partial charge in [0.25, 0.3) is 0 Å². The topological polar surface area (TPSA) is 47.3 Å². The number of rotatable bonds is 3. The van der Waals surface area contributed by atoms with E-state index in [4.69, 9.17) is 9.84 Å². The van der Waals surface area contributed by atoms with E-state index in [1.807, 2.05) is 35.9 Å². The van der Waals surface area contributed by atoms with E-state index >= 15 is 0 Å². The van der Waals surface area contributed by atoms with Crippen LogP contribution in [0.2, 0.25) is 0 Å². The van der Waals surface area contributed by atoms with Gasteiger partial charge < -0.3 is 14.4 Å². The zero-order valence-corrected chi connectivity index (χ0v) is 11.1. The highest BCUT2D eigenvalue weighted by atomic mass is 16.5. The quantitative estimate of drug-likeness (QED) is 0.848. The highest BCUT2D eigenvalue weighted by Crippen LogP contribution is 2.21. The van der Waals surface area contributed by atoms with Crippen molar-refractivity contribution in [2.45, 2.75) is 13.5 Å².